The molecule has 1 heterocycles. The second kappa shape index (κ2) is 7.99. The van der Waals surface area contributed by atoms with Gasteiger partial charge in [-0.1, -0.05) is 6.07 Å². The van der Waals surface area contributed by atoms with Gasteiger partial charge in [0.2, 0.25) is 5.91 Å². The van der Waals surface area contributed by atoms with Crippen LogP contribution in [0.2, 0.25) is 0 Å². The Kier molecular flexibility index (Phi) is 5.25. The molecule has 6 heteroatoms. The molecular weight excluding hydrogens is 368 g/mol. The molecule has 0 atom stereocenters. The molecule has 0 bridgehead atoms. The van der Waals surface area contributed by atoms with Crippen LogP contribution in [0, 0.1) is 6.92 Å². The SMILES string of the molecule is CC(=O)Nc1ccc(C)c(NC(=O)COc2ccc3oc4c(c3c2)CCCC4)c1. The van der Waals surface area contributed by atoms with Crippen molar-refractivity contribution in [3.8, 4) is 5.75 Å². The minimum atomic E-state index is -0.262. The van der Waals surface area contributed by atoms with Crippen LogP contribution in [0.25, 0.3) is 11.0 Å². The largest absolute Gasteiger partial charge is 0.484 e. The van der Waals surface area contributed by atoms with Crippen LogP contribution in [0.3, 0.4) is 0 Å². The van der Waals surface area contributed by atoms with Crippen LogP contribution in [0.1, 0.15) is 36.7 Å². The highest BCUT2D eigenvalue weighted by molar-refractivity contribution is 5.95. The molecule has 0 spiro atoms. The zero-order valence-electron chi connectivity index (χ0n) is 16.6. The predicted octanol–water partition coefficient (Wildman–Crippen LogP) is 4.60. The first kappa shape index (κ1) is 19.1. The van der Waals surface area contributed by atoms with E-state index in [1.165, 1.54) is 25.3 Å². The van der Waals surface area contributed by atoms with Crippen molar-refractivity contribution in [3.05, 3.63) is 53.3 Å². The minimum absolute atomic E-state index is 0.102. The van der Waals surface area contributed by atoms with Crippen LogP contribution in [0.5, 0.6) is 5.75 Å². The summed E-state index contributed by atoms with van der Waals surface area (Å²) in [6.07, 6.45) is 4.35. The van der Waals surface area contributed by atoms with Gasteiger partial charge in [-0.05, 0) is 62.1 Å². The summed E-state index contributed by atoms with van der Waals surface area (Å²) in [6, 6.07) is 11.1. The van der Waals surface area contributed by atoms with E-state index in [4.69, 9.17) is 9.15 Å². The smallest absolute Gasteiger partial charge is 0.262 e. The van der Waals surface area contributed by atoms with Gasteiger partial charge in [0.1, 0.15) is 17.1 Å². The number of amides is 2. The highest BCUT2D eigenvalue weighted by atomic mass is 16.5. The maximum atomic E-state index is 12.4. The third-order valence-electron chi connectivity index (χ3n) is 5.13. The number of benzene rings is 2. The van der Waals surface area contributed by atoms with E-state index in [2.05, 4.69) is 10.6 Å². The van der Waals surface area contributed by atoms with E-state index in [0.717, 1.165) is 35.1 Å². The Bertz CT molecular complexity index is 1080. The lowest BCUT2D eigenvalue weighted by Gasteiger charge is -2.12. The van der Waals surface area contributed by atoms with Crippen molar-refractivity contribution in [2.75, 3.05) is 17.2 Å². The second-order valence-corrected chi connectivity index (χ2v) is 7.42. The van der Waals surface area contributed by atoms with Gasteiger partial charge in [0.05, 0.1) is 0 Å². The van der Waals surface area contributed by atoms with Gasteiger partial charge in [0, 0.05) is 35.7 Å². The maximum Gasteiger partial charge on any atom is 0.262 e. The third kappa shape index (κ3) is 4.26. The summed E-state index contributed by atoms with van der Waals surface area (Å²) < 4.78 is 11.7. The zero-order valence-corrected chi connectivity index (χ0v) is 16.6. The fourth-order valence-electron chi connectivity index (χ4n) is 3.70. The topological polar surface area (TPSA) is 80.6 Å². The molecule has 1 aromatic heterocycles. The van der Waals surface area contributed by atoms with Crippen molar-refractivity contribution in [1.29, 1.82) is 0 Å². The lowest BCUT2D eigenvalue weighted by Crippen LogP contribution is -2.20. The fraction of sp³-hybridized carbons (Fsp3) is 0.304. The molecule has 6 nitrogen and oxygen atoms in total. The predicted molar refractivity (Wildman–Crippen MR) is 112 cm³/mol. The summed E-state index contributed by atoms with van der Waals surface area (Å²) in [5, 5.41) is 6.63. The van der Waals surface area contributed by atoms with E-state index in [9.17, 15) is 9.59 Å². The summed E-state index contributed by atoms with van der Waals surface area (Å²) in [6.45, 7) is 3.24. The van der Waals surface area contributed by atoms with Gasteiger partial charge >= 0.3 is 0 Å². The molecule has 1 aliphatic carbocycles. The van der Waals surface area contributed by atoms with Crippen LogP contribution in [0.15, 0.2) is 40.8 Å². The molecule has 150 valence electrons. The standard InChI is InChI=1S/C23H24N2O4/c1-14-7-8-16(24-15(2)26)11-20(14)25-23(27)13-28-17-9-10-22-19(12-17)18-5-3-4-6-21(18)29-22/h7-12H,3-6,13H2,1-2H3,(H,24,26)(H,25,27). The molecular formula is C23H24N2O4. The van der Waals surface area contributed by atoms with E-state index in [-0.39, 0.29) is 18.4 Å². The Morgan fingerprint density at radius 1 is 1.07 bits per heavy atom. The van der Waals surface area contributed by atoms with E-state index in [1.54, 1.807) is 12.1 Å². The number of carbonyl (C=O) groups is 2. The highest BCUT2D eigenvalue weighted by Crippen LogP contribution is 2.34. The van der Waals surface area contributed by atoms with Crippen LogP contribution < -0.4 is 15.4 Å². The molecule has 2 amide bonds. The summed E-state index contributed by atoms with van der Waals surface area (Å²) in [5.41, 5.74) is 4.32. The Labute approximate surface area is 169 Å². The number of rotatable bonds is 5. The fourth-order valence-corrected chi connectivity index (χ4v) is 3.70. The van der Waals surface area contributed by atoms with Gasteiger partial charge in [0.25, 0.3) is 5.91 Å². The Morgan fingerprint density at radius 3 is 2.72 bits per heavy atom. The zero-order chi connectivity index (χ0) is 20.4. The van der Waals surface area contributed by atoms with Crippen molar-refractivity contribution in [3.63, 3.8) is 0 Å². The van der Waals surface area contributed by atoms with Crippen LogP contribution in [-0.4, -0.2) is 18.4 Å². The minimum Gasteiger partial charge on any atom is -0.484 e. The first-order chi connectivity index (χ1) is 14.0. The number of fused-ring (bicyclic) bond motifs is 3. The van der Waals surface area contributed by atoms with Gasteiger partial charge in [-0.15, -0.1) is 0 Å². The van der Waals surface area contributed by atoms with E-state index in [1.807, 2.05) is 31.2 Å². The Hall–Kier alpha value is -3.28. The van der Waals surface area contributed by atoms with E-state index < -0.39 is 0 Å². The molecule has 4 rings (SSSR count). The summed E-state index contributed by atoms with van der Waals surface area (Å²) in [4.78, 5) is 23.6. The number of nitrogens with one attached hydrogen (secondary N) is 2. The summed E-state index contributed by atoms with van der Waals surface area (Å²) in [7, 11) is 0. The molecule has 0 unspecified atom stereocenters. The number of carbonyl (C=O) groups excluding carboxylic acids is 2. The summed E-state index contributed by atoms with van der Waals surface area (Å²) >= 11 is 0. The monoisotopic (exact) mass is 392 g/mol. The third-order valence-corrected chi connectivity index (χ3v) is 5.13. The molecule has 2 aromatic carbocycles. The number of aryl methyl sites for hydroxylation is 3. The lowest BCUT2D eigenvalue weighted by atomic mass is 9.96. The van der Waals surface area contributed by atoms with Gasteiger partial charge in [-0.2, -0.15) is 0 Å². The summed E-state index contributed by atoms with van der Waals surface area (Å²) in [5.74, 6) is 1.30. The molecule has 0 aliphatic heterocycles. The first-order valence-corrected chi connectivity index (χ1v) is 9.85. The average molecular weight is 392 g/mol. The second-order valence-electron chi connectivity index (χ2n) is 7.42. The maximum absolute atomic E-state index is 12.4. The Morgan fingerprint density at radius 2 is 1.90 bits per heavy atom. The number of hydrogen-bond donors (Lipinski definition) is 2. The van der Waals surface area contributed by atoms with Crippen molar-refractivity contribution < 1.29 is 18.7 Å². The number of furan rings is 1. The van der Waals surface area contributed by atoms with E-state index in [0.29, 0.717) is 17.1 Å². The van der Waals surface area contributed by atoms with Crippen LogP contribution in [0.4, 0.5) is 11.4 Å². The van der Waals surface area contributed by atoms with Crippen LogP contribution >= 0.6 is 0 Å². The van der Waals surface area contributed by atoms with Crippen molar-refractivity contribution in [2.45, 2.75) is 39.5 Å². The molecule has 1 aliphatic rings. The molecule has 0 fully saturated rings. The van der Waals surface area contributed by atoms with Gasteiger partial charge < -0.3 is 19.8 Å². The first-order valence-electron chi connectivity index (χ1n) is 9.85. The molecule has 0 saturated heterocycles. The molecule has 0 radical (unpaired) electrons. The molecule has 0 saturated carbocycles. The quantitative estimate of drug-likeness (QED) is 0.665. The lowest BCUT2D eigenvalue weighted by molar-refractivity contribution is -0.118. The Balaban J connectivity index is 1.43. The molecule has 3 aromatic rings. The van der Waals surface area contributed by atoms with Crippen molar-refractivity contribution in [2.24, 2.45) is 0 Å². The van der Waals surface area contributed by atoms with Gasteiger partial charge in [-0.3, -0.25) is 9.59 Å². The van der Waals surface area contributed by atoms with Gasteiger partial charge in [0.15, 0.2) is 6.61 Å². The number of ether oxygens (including phenoxy) is 1. The molecule has 2 N–H and O–H groups in total. The van der Waals surface area contributed by atoms with E-state index >= 15 is 0 Å². The molecule has 29 heavy (non-hydrogen) atoms. The normalized spacial score (nSPS) is 13.0. The van der Waals surface area contributed by atoms with Crippen molar-refractivity contribution in [1.82, 2.24) is 0 Å². The van der Waals surface area contributed by atoms with Gasteiger partial charge in [-0.25, -0.2) is 0 Å². The number of anilines is 2. The average Bonchev–Trinajstić information content (AvgIpc) is 3.06. The highest BCUT2D eigenvalue weighted by Gasteiger charge is 2.18. The van der Waals surface area contributed by atoms with Crippen molar-refractivity contribution >= 4 is 34.2 Å². The van der Waals surface area contributed by atoms with Crippen LogP contribution in [-0.2, 0) is 22.4 Å². The number of hydrogen-bond acceptors (Lipinski definition) is 4.